The van der Waals surface area contributed by atoms with Crippen molar-refractivity contribution in [2.45, 2.75) is 18.8 Å². The lowest BCUT2D eigenvalue weighted by Gasteiger charge is -2.24. The van der Waals surface area contributed by atoms with Crippen LogP contribution >= 0.6 is 0 Å². The van der Waals surface area contributed by atoms with E-state index in [1.165, 1.54) is 18.4 Å². The number of nitrogens with one attached hydrogen (secondary N) is 1. The van der Waals surface area contributed by atoms with Crippen LogP contribution in [-0.2, 0) is 0 Å². The molecule has 2 rings (SSSR count). The predicted octanol–water partition coefficient (Wildman–Crippen LogP) is 2.18. The minimum Gasteiger partial charge on any atom is -0.493 e. The Balaban J connectivity index is 2.35. The van der Waals surface area contributed by atoms with Gasteiger partial charge in [-0.1, -0.05) is 0 Å². The first-order valence-electron chi connectivity index (χ1n) is 6.30. The van der Waals surface area contributed by atoms with Crippen LogP contribution in [0.2, 0.25) is 0 Å². The number of ether oxygens (including phenoxy) is 3. The molecular formula is C14H21NO3. The Labute approximate surface area is 108 Å². The summed E-state index contributed by atoms with van der Waals surface area (Å²) in [7, 11) is 4.93. The molecule has 0 unspecified atom stereocenters. The molecule has 0 aromatic heterocycles. The number of hydrogen-bond donors (Lipinski definition) is 1. The largest absolute Gasteiger partial charge is 0.493 e. The second-order valence-electron chi connectivity index (χ2n) is 4.50. The van der Waals surface area contributed by atoms with E-state index < -0.39 is 0 Å². The van der Waals surface area contributed by atoms with Crippen molar-refractivity contribution in [2.75, 3.05) is 34.4 Å². The first kappa shape index (κ1) is 13.0. The molecular weight excluding hydrogens is 230 g/mol. The molecule has 4 heteroatoms. The molecule has 4 nitrogen and oxygen atoms in total. The van der Waals surface area contributed by atoms with E-state index in [0.717, 1.165) is 24.6 Å². The van der Waals surface area contributed by atoms with Gasteiger partial charge in [-0.15, -0.1) is 0 Å². The Morgan fingerprint density at radius 1 is 1.06 bits per heavy atom. The molecule has 1 fully saturated rings. The van der Waals surface area contributed by atoms with E-state index in [9.17, 15) is 0 Å². The van der Waals surface area contributed by atoms with Crippen LogP contribution < -0.4 is 19.5 Å². The molecule has 0 aliphatic carbocycles. The molecule has 0 spiro atoms. The molecule has 1 aliphatic rings. The van der Waals surface area contributed by atoms with Gasteiger partial charge < -0.3 is 19.5 Å². The van der Waals surface area contributed by atoms with Crippen molar-refractivity contribution >= 4 is 0 Å². The van der Waals surface area contributed by atoms with Crippen LogP contribution in [0.3, 0.4) is 0 Å². The molecule has 1 heterocycles. The normalized spacial score (nSPS) is 19.4. The quantitative estimate of drug-likeness (QED) is 0.890. The lowest BCUT2D eigenvalue weighted by atomic mass is 9.91. The Bertz CT molecular complexity index is 375. The van der Waals surface area contributed by atoms with Gasteiger partial charge in [0.1, 0.15) is 0 Å². The van der Waals surface area contributed by atoms with Crippen LogP contribution in [0.5, 0.6) is 17.2 Å². The second-order valence-corrected chi connectivity index (χ2v) is 4.50. The van der Waals surface area contributed by atoms with Crippen molar-refractivity contribution in [3.8, 4) is 17.2 Å². The van der Waals surface area contributed by atoms with Crippen LogP contribution in [0.15, 0.2) is 12.1 Å². The van der Waals surface area contributed by atoms with Gasteiger partial charge in [-0.25, -0.2) is 0 Å². The van der Waals surface area contributed by atoms with Crippen LogP contribution in [0.25, 0.3) is 0 Å². The van der Waals surface area contributed by atoms with Gasteiger partial charge in [-0.05, 0) is 43.0 Å². The third-order valence-corrected chi connectivity index (χ3v) is 3.46. The Morgan fingerprint density at radius 3 is 2.17 bits per heavy atom. The van der Waals surface area contributed by atoms with E-state index in [0.29, 0.717) is 11.7 Å². The van der Waals surface area contributed by atoms with Crippen molar-refractivity contribution in [1.29, 1.82) is 0 Å². The van der Waals surface area contributed by atoms with Gasteiger partial charge in [0, 0.05) is 6.54 Å². The van der Waals surface area contributed by atoms with Gasteiger partial charge in [0.2, 0.25) is 5.75 Å². The summed E-state index contributed by atoms with van der Waals surface area (Å²) < 4.78 is 16.1. The van der Waals surface area contributed by atoms with Gasteiger partial charge in [0.15, 0.2) is 11.5 Å². The number of rotatable bonds is 4. The third-order valence-electron chi connectivity index (χ3n) is 3.46. The molecule has 0 saturated carbocycles. The Kier molecular flexibility index (Phi) is 4.31. The van der Waals surface area contributed by atoms with E-state index in [1.807, 2.05) is 0 Å². The summed E-state index contributed by atoms with van der Waals surface area (Å²) >= 11 is 0. The second kappa shape index (κ2) is 5.96. The molecule has 0 bridgehead atoms. The van der Waals surface area contributed by atoms with Crippen molar-refractivity contribution in [2.24, 2.45) is 0 Å². The number of piperidine rings is 1. The fourth-order valence-electron chi connectivity index (χ4n) is 2.47. The zero-order valence-electron chi connectivity index (χ0n) is 11.3. The molecule has 0 radical (unpaired) electrons. The lowest BCUT2D eigenvalue weighted by molar-refractivity contribution is 0.322. The van der Waals surface area contributed by atoms with Gasteiger partial charge in [0.05, 0.1) is 21.3 Å². The smallest absolute Gasteiger partial charge is 0.203 e. The van der Waals surface area contributed by atoms with Crippen molar-refractivity contribution in [1.82, 2.24) is 5.32 Å². The molecule has 1 saturated heterocycles. The number of benzene rings is 1. The molecule has 18 heavy (non-hydrogen) atoms. The lowest BCUT2D eigenvalue weighted by Crippen LogP contribution is -2.28. The summed E-state index contributed by atoms with van der Waals surface area (Å²) in [6, 6.07) is 4.11. The first-order valence-corrected chi connectivity index (χ1v) is 6.30. The maximum Gasteiger partial charge on any atom is 0.203 e. The van der Waals surface area contributed by atoms with Gasteiger partial charge >= 0.3 is 0 Å². The van der Waals surface area contributed by atoms with E-state index in [1.54, 1.807) is 21.3 Å². The predicted molar refractivity (Wildman–Crippen MR) is 70.9 cm³/mol. The summed E-state index contributed by atoms with van der Waals surface area (Å²) in [5, 5.41) is 3.42. The van der Waals surface area contributed by atoms with Crippen molar-refractivity contribution in [3.63, 3.8) is 0 Å². The third kappa shape index (κ3) is 2.53. The van der Waals surface area contributed by atoms with E-state index in [-0.39, 0.29) is 0 Å². The minimum absolute atomic E-state index is 0.521. The molecule has 1 atom stereocenters. The fraction of sp³-hybridized carbons (Fsp3) is 0.571. The minimum atomic E-state index is 0.521. The Hall–Kier alpha value is -1.42. The highest BCUT2D eigenvalue weighted by molar-refractivity contribution is 5.54. The molecule has 1 aromatic carbocycles. The van der Waals surface area contributed by atoms with E-state index in [2.05, 4.69) is 17.4 Å². The van der Waals surface area contributed by atoms with Gasteiger partial charge in [0.25, 0.3) is 0 Å². The fourth-order valence-corrected chi connectivity index (χ4v) is 2.47. The zero-order chi connectivity index (χ0) is 13.0. The van der Waals surface area contributed by atoms with Crippen LogP contribution in [0.1, 0.15) is 24.3 Å². The topological polar surface area (TPSA) is 39.7 Å². The van der Waals surface area contributed by atoms with Crippen molar-refractivity contribution < 1.29 is 14.2 Å². The monoisotopic (exact) mass is 251 g/mol. The molecule has 1 aliphatic heterocycles. The standard InChI is InChI=1S/C14H21NO3/c1-16-12-7-11(10-5-4-6-15-9-10)8-13(17-2)14(12)18-3/h7-8,10,15H,4-6,9H2,1-3H3/t10-/m0/s1. The number of hydrogen-bond acceptors (Lipinski definition) is 4. The summed E-state index contributed by atoms with van der Waals surface area (Å²) in [5.41, 5.74) is 1.25. The summed E-state index contributed by atoms with van der Waals surface area (Å²) in [4.78, 5) is 0. The summed E-state index contributed by atoms with van der Waals surface area (Å²) in [6.07, 6.45) is 2.41. The highest BCUT2D eigenvalue weighted by atomic mass is 16.5. The van der Waals surface area contributed by atoms with Crippen LogP contribution in [0, 0.1) is 0 Å². The molecule has 1 N–H and O–H groups in total. The average molecular weight is 251 g/mol. The molecule has 0 amide bonds. The summed E-state index contributed by atoms with van der Waals surface area (Å²) in [6.45, 7) is 2.12. The summed E-state index contributed by atoms with van der Waals surface area (Å²) in [5.74, 6) is 2.65. The van der Waals surface area contributed by atoms with E-state index in [4.69, 9.17) is 14.2 Å². The van der Waals surface area contributed by atoms with Gasteiger partial charge in [-0.2, -0.15) is 0 Å². The zero-order valence-corrected chi connectivity index (χ0v) is 11.3. The van der Waals surface area contributed by atoms with Crippen molar-refractivity contribution in [3.05, 3.63) is 17.7 Å². The first-order chi connectivity index (χ1) is 8.80. The molecule has 100 valence electrons. The highest BCUT2D eigenvalue weighted by Gasteiger charge is 2.20. The van der Waals surface area contributed by atoms with Crippen LogP contribution in [-0.4, -0.2) is 34.4 Å². The molecule has 1 aromatic rings. The Morgan fingerprint density at radius 2 is 1.72 bits per heavy atom. The number of methoxy groups -OCH3 is 3. The van der Waals surface area contributed by atoms with Crippen LogP contribution in [0.4, 0.5) is 0 Å². The SMILES string of the molecule is COc1cc([C@H]2CCCNC2)cc(OC)c1OC. The maximum atomic E-state index is 5.38. The maximum absolute atomic E-state index is 5.38. The van der Waals surface area contributed by atoms with E-state index >= 15 is 0 Å². The highest BCUT2D eigenvalue weighted by Crippen LogP contribution is 2.40. The van der Waals surface area contributed by atoms with Gasteiger partial charge in [-0.3, -0.25) is 0 Å². The average Bonchev–Trinajstić information content (AvgIpc) is 2.46.